The molecule has 15 heteroatoms. The van der Waals surface area contributed by atoms with Crippen molar-refractivity contribution in [3.63, 3.8) is 0 Å². The van der Waals surface area contributed by atoms with E-state index < -0.39 is 31.4 Å². The second-order valence-corrected chi connectivity index (χ2v) is 15.2. The predicted molar refractivity (Wildman–Crippen MR) is 191 cm³/mol. The highest BCUT2D eigenvalue weighted by Crippen LogP contribution is 2.25. The molecule has 2 aromatic carbocycles. The van der Waals surface area contributed by atoms with Crippen LogP contribution >= 0.6 is 10.7 Å². The topological polar surface area (TPSA) is 182 Å². The fraction of sp³-hybridized carbons (Fsp3) is 0.294. The zero-order chi connectivity index (χ0) is 36.8. The van der Waals surface area contributed by atoms with E-state index in [1.54, 1.807) is 56.8 Å². The van der Waals surface area contributed by atoms with Gasteiger partial charge in [-0.25, -0.2) is 8.42 Å². The van der Waals surface area contributed by atoms with Crippen LogP contribution in [0.3, 0.4) is 0 Å². The zero-order valence-electron chi connectivity index (χ0n) is 28.0. The summed E-state index contributed by atoms with van der Waals surface area (Å²) in [6, 6.07) is 21.9. The Morgan fingerprint density at radius 1 is 0.694 bits per heavy atom. The van der Waals surface area contributed by atoms with Crippen LogP contribution in [0.5, 0.6) is 0 Å². The molecule has 0 saturated carbocycles. The number of pyridine rings is 2. The van der Waals surface area contributed by atoms with Gasteiger partial charge in [0.25, 0.3) is 21.9 Å². The van der Waals surface area contributed by atoms with Crippen LogP contribution in [0.25, 0.3) is 22.3 Å². The van der Waals surface area contributed by atoms with Gasteiger partial charge in [-0.2, -0.15) is 8.42 Å². The highest BCUT2D eigenvalue weighted by Gasteiger charge is 2.17. The molecule has 49 heavy (non-hydrogen) atoms. The first-order chi connectivity index (χ1) is 23.0. The van der Waals surface area contributed by atoms with E-state index in [4.69, 9.17) is 4.18 Å². The average Bonchev–Trinajstić information content (AvgIpc) is 3.09. The standard InChI is InChI=1S/C17H20N2O4S.C16H18N2O2.CH3ClO2S/c1-4-16(23-24(3,21)22)15-10-9-14(11-19-15)12-5-7-13(8-6-12)17(20)18-2;1-3-15(19)14-9-8-13(10-18-14)11-4-6-12(7-5-11)16(20)17-2;1-5(2,3)4/h5-11,16H,4H2,1-3H3,(H,18,20);4-10,15,19H,3H2,1-2H3,(H,17,20);1H3. The summed E-state index contributed by atoms with van der Waals surface area (Å²) >= 11 is 0. The van der Waals surface area contributed by atoms with Crippen molar-refractivity contribution in [3.8, 4) is 22.3 Å². The van der Waals surface area contributed by atoms with Crippen LogP contribution in [0.1, 0.15) is 71.0 Å². The third kappa shape index (κ3) is 14.4. The fourth-order valence-corrected chi connectivity index (χ4v) is 4.86. The molecule has 3 N–H and O–H groups in total. The van der Waals surface area contributed by atoms with E-state index in [2.05, 4.69) is 31.3 Å². The Labute approximate surface area is 292 Å². The van der Waals surface area contributed by atoms with Crippen molar-refractivity contribution in [3.05, 3.63) is 108 Å². The monoisotopic (exact) mass is 732 g/mol. The lowest BCUT2D eigenvalue weighted by atomic mass is 10.0. The van der Waals surface area contributed by atoms with Crippen molar-refractivity contribution in [2.75, 3.05) is 26.6 Å². The molecule has 2 amide bonds. The summed E-state index contributed by atoms with van der Waals surface area (Å²) in [6.07, 6.45) is 5.39. The number of carbonyl (C=O) groups is 2. The maximum absolute atomic E-state index is 11.5. The third-order valence-corrected chi connectivity index (χ3v) is 7.29. The van der Waals surface area contributed by atoms with E-state index in [-0.39, 0.29) is 11.8 Å². The first kappa shape index (κ1) is 41.0. The maximum Gasteiger partial charge on any atom is 0.265 e. The Balaban J connectivity index is 0.000000303. The number of halogens is 1. The molecule has 4 aromatic rings. The smallest absolute Gasteiger partial charge is 0.265 e. The van der Waals surface area contributed by atoms with Gasteiger partial charge in [-0.1, -0.05) is 50.2 Å². The normalized spacial score (nSPS) is 12.2. The second kappa shape index (κ2) is 19.1. The van der Waals surface area contributed by atoms with Gasteiger partial charge in [-0.05, 0) is 60.4 Å². The Morgan fingerprint density at radius 3 is 1.35 bits per heavy atom. The number of carbonyl (C=O) groups excluding carboxylic acids is 2. The fourth-order valence-electron chi connectivity index (χ4n) is 4.20. The van der Waals surface area contributed by atoms with Crippen molar-refractivity contribution in [2.45, 2.75) is 38.9 Å². The molecule has 12 nitrogen and oxygen atoms in total. The van der Waals surface area contributed by atoms with Crippen LogP contribution in [-0.2, 0) is 23.4 Å². The number of hydrogen-bond acceptors (Lipinski definition) is 10. The molecule has 0 aliphatic carbocycles. The van der Waals surface area contributed by atoms with Gasteiger partial charge in [-0.3, -0.25) is 23.7 Å². The molecule has 0 spiro atoms. The van der Waals surface area contributed by atoms with Crippen LogP contribution in [0.2, 0.25) is 0 Å². The summed E-state index contributed by atoms with van der Waals surface area (Å²) in [5.74, 6) is -0.241. The molecule has 264 valence electrons. The minimum Gasteiger partial charge on any atom is -0.387 e. The number of aromatic nitrogens is 2. The van der Waals surface area contributed by atoms with Gasteiger partial charge in [0.1, 0.15) is 6.10 Å². The molecular formula is C34H41ClN4O8S2. The summed E-state index contributed by atoms with van der Waals surface area (Å²) in [5, 5.41) is 14.9. The van der Waals surface area contributed by atoms with E-state index >= 15 is 0 Å². The number of rotatable bonds is 10. The number of aliphatic hydroxyl groups is 1. The van der Waals surface area contributed by atoms with E-state index in [0.717, 1.165) is 34.8 Å². The van der Waals surface area contributed by atoms with Gasteiger partial charge in [0, 0.05) is 59.4 Å². The van der Waals surface area contributed by atoms with Crippen molar-refractivity contribution >= 4 is 41.7 Å². The predicted octanol–water partition coefficient (Wildman–Crippen LogP) is 5.27. The van der Waals surface area contributed by atoms with Gasteiger partial charge in [0.05, 0.1) is 30.0 Å². The summed E-state index contributed by atoms with van der Waals surface area (Å²) in [4.78, 5) is 31.6. The number of nitrogens with zero attached hydrogens (tertiary/aromatic N) is 2. The average molecular weight is 733 g/mol. The van der Waals surface area contributed by atoms with Crippen LogP contribution in [-0.4, -0.2) is 70.3 Å². The van der Waals surface area contributed by atoms with Crippen molar-refractivity contribution in [2.24, 2.45) is 0 Å². The van der Waals surface area contributed by atoms with E-state index in [1.807, 2.05) is 56.3 Å². The molecule has 2 unspecified atom stereocenters. The lowest BCUT2D eigenvalue weighted by molar-refractivity contribution is 0.0955. The minimum atomic E-state index is -3.54. The Bertz CT molecular complexity index is 1860. The van der Waals surface area contributed by atoms with Crippen molar-refractivity contribution in [1.82, 2.24) is 20.6 Å². The number of aliphatic hydroxyl groups excluding tert-OH is 1. The maximum atomic E-state index is 11.5. The lowest BCUT2D eigenvalue weighted by Crippen LogP contribution is -2.17. The first-order valence-corrected chi connectivity index (χ1v) is 19.6. The van der Waals surface area contributed by atoms with Crippen LogP contribution in [0, 0.1) is 0 Å². The highest BCUT2D eigenvalue weighted by atomic mass is 35.7. The largest absolute Gasteiger partial charge is 0.387 e. The highest BCUT2D eigenvalue weighted by molar-refractivity contribution is 8.13. The number of amides is 2. The molecule has 0 bridgehead atoms. The quantitative estimate of drug-likeness (QED) is 0.144. The molecule has 0 saturated heterocycles. The Kier molecular flexibility index (Phi) is 16.0. The molecule has 2 heterocycles. The molecule has 2 aromatic heterocycles. The van der Waals surface area contributed by atoms with E-state index in [0.29, 0.717) is 35.4 Å². The third-order valence-electron chi connectivity index (χ3n) is 6.71. The summed E-state index contributed by atoms with van der Waals surface area (Å²) in [6.45, 7) is 3.75. The number of hydrogen-bond donors (Lipinski definition) is 3. The van der Waals surface area contributed by atoms with Gasteiger partial charge in [-0.15, -0.1) is 0 Å². The first-order valence-electron chi connectivity index (χ1n) is 15.0. The van der Waals surface area contributed by atoms with Crippen molar-refractivity contribution < 1.29 is 35.7 Å². The molecule has 2 atom stereocenters. The second-order valence-electron chi connectivity index (χ2n) is 10.6. The SMILES string of the molecule is CCC(O)c1ccc(-c2ccc(C(=O)NC)cc2)cn1.CCC(OS(C)(=O)=O)c1ccc(-c2ccc(C(=O)NC)cc2)cn1.CS(=O)(=O)Cl. The van der Waals surface area contributed by atoms with Crippen LogP contribution in [0.15, 0.2) is 85.2 Å². The minimum absolute atomic E-state index is 0.101. The zero-order valence-corrected chi connectivity index (χ0v) is 30.4. The Morgan fingerprint density at radius 2 is 1.06 bits per heavy atom. The van der Waals surface area contributed by atoms with Gasteiger partial charge in [0.15, 0.2) is 0 Å². The molecule has 0 aliphatic rings. The summed E-state index contributed by atoms with van der Waals surface area (Å²) in [7, 11) is 0.963. The van der Waals surface area contributed by atoms with Crippen LogP contribution < -0.4 is 10.6 Å². The van der Waals surface area contributed by atoms with E-state index in [9.17, 15) is 31.5 Å². The summed E-state index contributed by atoms with van der Waals surface area (Å²) in [5.41, 5.74) is 6.19. The van der Waals surface area contributed by atoms with Gasteiger partial charge in [0.2, 0.25) is 9.05 Å². The molecule has 0 fully saturated rings. The van der Waals surface area contributed by atoms with E-state index in [1.165, 1.54) is 0 Å². The van der Waals surface area contributed by atoms with Crippen LogP contribution in [0.4, 0.5) is 0 Å². The lowest BCUT2D eigenvalue weighted by Gasteiger charge is -2.14. The molecule has 0 radical (unpaired) electrons. The van der Waals surface area contributed by atoms with Gasteiger partial charge < -0.3 is 15.7 Å². The Hall–Kier alpha value is -4.21. The molecule has 4 rings (SSSR count). The van der Waals surface area contributed by atoms with Gasteiger partial charge >= 0.3 is 0 Å². The summed E-state index contributed by atoms with van der Waals surface area (Å²) < 4.78 is 46.4. The van der Waals surface area contributed by atoms with Crippen molar-refractivity contribution in [1.29, 1.82) is 0 Å². The number of benzene rings is 2. The number of nitrogens with one attached hydrogen (secondary N) is 2. The molecular weight excluding hydrogens is 692 g/mol. The molecule has 0 aliphatic heterocycles.